The highest BCUT2D eigenvalue weighted by Gasteiger charge is 2.13. The summed E-state index contributed by atoms with van der Waals surface area (Å²) in [7, 11) is 0. The van der Waals surface area contributed by atoms with E-state index < -0.39 is 0 Å². The first-order chi connectivity index (χ1) is 14.5. The van der Waals surface area contributed by atoms with Gasteiger partial charge in [-0.3, -0.25) is 4.79 Å². The standard InChI is InChI=1S/C24H21FN4O/c1-16-7-10-19(15-21(16)28-23-17(2)5-3-13-26-23)27-24(30)22-6-4-14-29(22)20-11-8-18(25)9-12-20/h3-15H,1-2H3,(H,26,28)(H,27,30). The molecule has 2 aromatic heterocycles. The highest BCUT2D eigenvalue weighted by atomic mass is 19.1. The van der Waals surface area contributed by atoms with Crippen molar-refractivity contribution >= 4 is 23.1 Å². The number of pyridine rings is 1. The number of rotatable bonds is 5. The fraction of sp³-hybridized carbons (Fsp3) is 0.0833. The molecule has 0 fully saturated rings. The van der Waals surface area contributed by atoms with Crippen molar-refractivity contribution in [3.8, 4) is 5.69 Å². The van der Waals surface area contributed by atoms with Gasteiger partial charge in [0, 0.05) is 29.5 Å². The number of aromatic nitrogens is 2. The zero-order valence-corrected chi connectivity index (χ0v) is 16.7. The molecule has 0 aliphatic heterocycles. The number of halogens is 1. The summed E-state index contributed by atoms with van der Waals surface area (Å²) in [5.41, 5.74) is 4.76. The first-order valence-corrected chi connectivity index (χ1v) is 9.55. The molecule has 30 heavy (non-hydrogen) atoms. The van der Waals surface area contributed by atoms with Crippen LogP contribution in [0.2, 0.25) is 0 Å². The van der Waals surface area contributed by atoms with Crippen LogP contribution < -0.4 is 10.6 Å². The minimum absolute atomic E-state index is 0.256. The summed E-state index contributed by atoms with van der Waals surface area (Å²) in [6, 6.07) is 19.1. The van der Waals surface area contributed by atoms with E-state index in [1.165, 1.54) is 12.1 Å². The lowest BCUT2D eigenvalue weighted by Gasteiger charge is -2.14. The van der Waals surface area contributed by atoms with Crippen molar-refractivity contribution < 1.29 is 9.18 Å². The minimum Gasteiger partial charge on any atom is -0.340 e. The number of amides is 1. The van der Waals surface area contributed by atoms with E-state index in [0.717, 1.165) is 22.6 Å². The summed E-state index contributed by atoms with van der Waals surface area (Å²) < 4.78 is 14.9. The van der Waals surface area contributed by atoms with Crippen LogP contribution in [0.4, 0.5) is 21.6 Å². The van der Waals surface area contributed by atoms with Gasteiger partial charge in [0.25, 0.3) is 5.91 Å². The molecule has 2 N–H and O–H groups in total. The molecular formula is C24H21FN4O. The summed E-state index contributed by atoms with van der Waals surface area (Å²) >= 11 is 0. The van der Waals surface area contributed by atoms with Crippen LogP contribution in [0, 0.1) is 19.7 Å². The van der Waals surface area contributed by atoms with Gasteiger partial charge in [0.05, 0.1) is 0 Å². The largest absolute Gasteiger partial charge is 0.340 e. The topological polar surface area (TPSA) is 59.0 Å². The van der Waals surface area contributed by atoms with Crippen molar-refractivity contribution in [1.82, 2.24) is 9.55 Å². The average molecular weight is 400 g/mol. The molecule has 0 radical (unpaired) electrons. The molecule has 0 aliphatic rings. The first kappa shape index (κ1) is 19.4. The zero-order valence-electron chi connectivity index (χ0n) is 16.7. The van der Waals surface area contributed by atoms with Crippen LogP contribution in [0.25, 0.3) is 5.69 Å². The van der Waals surface area contributed by atoms with Gasteiger partial charge in [0.15, 0.2) is 0 Å². The Morgan fingerprint density at radius 1 is 0.967 bits per heavy atom. The van der Waals surface area contributed by atoms with Gasteiger partial charge in [-0.25, -0.2) is 9.37 Å². The molecule has 150 valence electrons. The van der Waals surface area contributed by atoms with Crippen molar-refractivity contribution in [2.24, 2.45) is 0 Å². The zero-order chi connectivity index (χ0) is 21.1. The van der Waals surface area contributed by atoms with Crippen LogP contribution in [-0.4, -0.2) is 15.5 Å². The summed E-state index contributed by atoms with van der Waals surface area (Å²) in [5, 5.41) is 6.27. The van der Waals surface area contributed by atoms with E-state index in [9.17, 15) is 9.18 Å². The number of nitrogens with zero attached hydrogens (tertiary/aromatic N) is 2. The molecule has 1 amide bonds. The summed E-state index contributed by atoms with van der Waals surface area (Å²) in [5.74, 6) is 0.196. The van der Waals surface area contributed by atoms with Gasteiger partial charge in [-0.05, 0) is 79.6 Å². The molecular weight excluding hydrogens is 379 g/mol. The number of aryl methyl sites for hydroxylation is 2. The van der Waals surface area contributed by atoms with Gasteiger partial charge in [-0.2, -0.15) is 0 Å². The molecule has 2 heterocycles. The molecule has 2 aromatic carbocycles. The molecule has 0 atom stereocenters. The van der Waals surface area contributed by atoms with Crippen LogP contribution in [0.1, 0.15) is 21.6 Å². The maximum atomic E-state index is 13.2. The van der Waals surface area contributed by atoms with Crippen molar-refractivity contribution in [2.75, 3.05) is 10.6 Å². The van der Waals surface area contributed by atoms with E-state index >= 15 is 0 Å². The Labute approximate surface area is 174 Å². The highest BCUT2D eigenvalue weighted by molar-refractivity contribution is 6.04. The minimum atomic E-state index is -0.320. The summed E-state index contributed by atoms with van der Waals surface area (Å²) in [4.78, 5) is 17.3. The number of nitrogens with one attached hydrogen (secondary N) is 2. The number of carbonyl (C=O) groups excluding carboxylic acids is 1. The van der Waals surface area contributed by atoms with Gasteiger partial charge >= 0.3 is 0 Å². The van der Waals surface area contributed by atoms with E-state index in [-0.39, 0.29) is 11.7 Å². The lowest BCUT2D eigenvalue weighted by molar-refractivity contribution is 0.102. The SMILES string of the molecule is Cc1ccc(NC(=O)c2cccn2-c2ccc(F)cc2)cc1Nc1ncccc1C. The third-order valence-corrected chi connectivity index (χ3v) is 4.84. The Kier molecular flexibility index (Phi) is 5.30. The maximum Gasteiger partial charge on any atom is 0.272 e. The molecule has 4 rings (SSSR count). The molecule has 0 saturated carbocycles. The van der Waals surface area contributed by atoms with E-state index in [0.29, 0.717) is 17.1 Å². The molecule has 0 aliphatic carbocycles. The van der Waals surface area contributed by atoms with Crippen LogP contribution in [0.5, 0.6) is 0 Å². The predicted molar refractivity (Wildman–Crippen MR) is 117 cm³/mol. The molecule has 0 saturated heterocycles. The van der Waals surface area contributed by atoms with Gasteiger partial charge in [0.2, 0.25) is 0 Å². The van der Waals surface area contributed by atoms with E-state index in [2.05, 4.69) is 15.6 Å². The summed E-state index contributed by atoms with van der Waals surface area (Å²) in [6.07, 6.45) is 3.51. The quantitative estimate of drug-likeness (QED) is 0.457. The second-order valence-electron chi connectivity index (χ2n) is 7.02. The van der Waals surface area contributed by atoms with Crippen molar-refractivity contribution in [1.29, 1.82) is 0 Å². The van der Waals surface area contributed by atoms with E-state index in [4.69, 9.17) is 0 Å². The monoisotopic (exact) mass is 400 g/mol. The Hall–Kier alpha value is -3.93. The van der Waals surface area contributed by atoms with Crippen LogP contribution in [-0.2, 0) is 0 Å². The molecule has 0 unspecified atom stereocenters. The van der Waals surface area contributed by atoms with Gasteiger partial charge in [-0.1, -0.05) is 12.1 Å². The first-order valence-electron chi connectivity index (χ1n) is 9.55. The van der Waals surface area contributed by atoms with E-state index in [1.807, 2.05) is 44.2 Å². The third kappa shape index (κ3) is 4.07. The third-order valence-electron chi connectivity index (χ3n) is 4.84. The van der Waals surface area contributed by atoms with Gasteiger partial charge in [0.1, 0.15) is 17.3 Å². The number of anilines is 3. The van der Waals surface area contributed by atoms with E-state index in [1.54, 1.807) is 41.2 Å². The number of benzene rings is 2. The number of hydrogen-bond donors (Lipinski definition) is 2. The predicted octanol–water partition coefficient (Wildman–Crippen LogP) is 5.62. The molecule has 4 aromatic rings. The Bertz CT molecular complexity index is 1200. The Balaban J connectivity index is 1.57. The smallest absolute Gasteiger partial charge is 0.272 e. The lowest BCUT2D eigenvalue weighted by Crippen LogP contribution is -2.16. The van der Waals surface area contributed by atoms with Gasteiger partial charge in [-0.15, -0.1) is 0 Å². The molecule has 6 heteroatoms. The molecule has 0 bridgehead atoms. The Morgan fingerprint density at radius 2 is 1.77 bits per heavy atom. The highest BCUT2D eigenvalue weighted by Crippen LogP contribution is 2.25. The second-order valence-corrected chi connectivity index (χ2v) is 7.02. The van der Waals surface area contributed by atoms with Crippen LogP contribution >= 0.6 is 0 Å². The molecule has 5 nitrogen and oxygen atoms in total. The Morgan fingerprint density at radius 3 is 2.53 bits per heavy atom. The number of carbonyl (C=O) groups is 1. The number of hydrogen-bond acceptors (Lipinski definition) is 3. The fourth-order valence-electron chi connectivity index (χ4n) is 3.17. The lowest BCUT2D eigenvalue weighted by atomic mass is 10.1. The van der Waals surface area contributed by atoms with Crippen LogP contribution in [0.3, 0.4) is 0 Å². The van der Waals surface area contributed by atoms with Crippen molar-refractivity contribution in [2.45, 2.75) is 13.8 Å². The summed E-state index contributed by atoms with van der Waals surface area (Å²) in [6.45, 7) is 3.98. The average Bonchev–Trinajstić information content (AvgIpc) is 3.23. The normalized spacial score (nSPS) is 10.6. The fourth-order valence-corrected chi connectivity index (χ4v) is 3.17. The van der Waals surface area contributed by atoms with Crippen molar-refractivity contribution in [3.05, 3.63) is 102 Å². The van der Waals surface area contributed by atoms with Crippen LogP contribution in [0.15, 0.2) is 79.1 Å². The van der Waals surface area contributed by atoms with Gasteiger partial charge < -0.3 is 15.2 Å². The second kappa shape index (κ2) is 8.21. The molecule has 0 spiro atoms. The van der Waals surface area contributed by atoms with Crippen molar-refractivity contribution in [3.63, 3.8) is 0 Å². The maximum absolute atomic E-state index is 13.2.